The molecule has 5 nitrogen and oxygen atoms in total. The molecule has 1 aromatic carbocycles. The maximum Gasteiger partial charge on any atom is 0.253 e. The Morgan fingerprint density at radius 3 is 2.62 bits per heavy atom. The van der Waals surface area contributed by atoms with Gasteiger partial charge in [-0.3, -0.25) is 4.79 Å². The first-order valence-corrected chi connectivity index (χ1v) is 4.57. The number of hydrogen-bond acceptors (Lipinski definition) is 3. The molecule has 2 rings (SSSR count). The number of carbonyl (C=O) groups is 1. The number of nitriles is 1. The molecule has 0 bridgehead atoms. The largest absolute Gasteiger partial charge is 0.365 e. The zero-order valence-corrected chi connectivity index (χ0v) is 8.29. The number of hydrogen-bond donors (Lipinski definition) is 1. The second-order valence-electron chi connectivity index (χ2n) is 3.13. The molecule has 1 aromatic heterocycles. The molecule has 0 aliphatic heterocycles. The van der Waals surface area contributed by atoms with E-state index < -0.39 is 5.91 Å². The lowest BCUT2D eigenvalue weighted by atomic mass is 10.2. The molecular formula is C11H8N4O. The van der Waals surface area contributed by atoms with E-state index >= 15 is 0 Å². The van der Waals surface area contributed by atoms with Gasteiger partial charge in [0.15, 0.2) is 5.69 Å². The van der Waals surface area contributed by atoms with Crippen LogP contribution >= 0.6 is 0 Å². The van der Waals surface area contributed by atoms with Crippen LogP contribution in [0.5, 0.6) is 0 Å². The van der Waals surface area contributed by atoms with E-state index in [1.807, 2.05) is 24.3 Å². The van der Waals surface area contributed by atoms with E-state index in [9.17, 15) is 4.79 Å². The quantitative estimate of drug-likeness (QED) is 0.800. The molecule has 0 fully saturated rings. The lowest BCUT2D eigenvalue weighted by Crippen LogP contribution is -2.12. The van der Waals surface area contributed by atoms with Gasteiger partial charge in [0.2, 0.25) is 0 Å². The van der Waals surface area contributed by atoms with Gasteiger partial charge in [0.1, 0.15) is 6.07 Å². The van der Waals surface area contributed by atoms with Crippen molar-refractivity contribution in [1.29, 1.82) is 5.26 Å². The second kappa shape index (κ2) is 3.87. The monoisotopic (exact) mass is 212 g/mol. The van der Waals surface area contributed by atoms with E-state index in [-0.39, 0.29) is 11.3 Å². The average molecular weight is 212 g/mol. The molecule has 0 saturated heterocycles. The van der Waals surface area contributed by atoms with Crippen LogP contribution in [0.3, 0.4) is 0 Å². The second-order valence-corrected chi connectivity index (χ2v) is 3.13. The van der Waals surface area contributed by atoms with Crippen LogP contribution in [0.2, 0.25) is 0 Å². The number of nitrogens with zero attached hydrogens (tertiary/aromatic N) is 3. The third kappa shape index (κ3) is 1.53. The smallest absolute Gasteiger partial charge is 0.253 e. The van der Waals surface area contributed by atoms with E-state index in [1.165, 1.54) is 10.9 Å². The number of rotatable bonds is 2. The van der Waals surface area contributed by atoms with Gasteiger partial charge in [0.25, 0.3) is 5.91 Å². The molecule has 0 unspecified atom stereocenters. The molecule has 1 heterocycles. The van der Waals surface area contributed by atoms with Gasteiger partial charge in [0.05, 0.1) is 17.4 Å². The predicted molar refractivity (Wildman–Crippen MR) is 56.8 cm³/mol. The Kier molecular flexibility index (Phi) is 2.40. The van der Waals surface area contributed by atoms with E-state index in [0.29, 0.717) is 5.69 Å². The Balaban J connectivity index is 2.60. The molecule has 0 aliphatic carbocycles. The van der Waals surface area contributed by atoms with Crippen LogP contribution in [-0.2, 0) is 0 Å². The number of aromatic nitrogens is 2. The Bertz CT molecular complexity index is 565. The number of nitrogens with two attached hydrogens (primary N) is 1. The fourth-order valence-corrected chi connectivity index (χ4v) is 1.40. The third-order valence-corrected chi connectivity index (χ3v) is 2.14. The first-order valence-electron chi connectivity index (χ1n) is 4.57. The Hall–Kier alpha value is -2.61. The Morgan fingerprint density at radius 2 is 2.06 bits per heavy atom. The summed E-state index contributed by atoms with van der Waals surface area (Å²) in [6, 6.07) is 11.0. The van der Waals surface area contributed by atoms with E-state index in [1.54, 1.807) is 12.1 Å². The fraction of sp³-hybridized carbons (Fsp3) is 0. The van der Waals surface area contributed by atoms with Crippen LogP contribution in [0.25, 0.3) is 5.69 Å². The summed E-state index contributed by atoms with van der Waals surface area (Å²) in [5.41, 5.74) is 6.14. The lowest BCUT2D eigenvalue weighted by molar-refractivity contribution is 0.1000. The van der Waals surface area contributed by atoms with Gasteiger partial charge in [-0.15, -0.1) is 0 Å². The minimum Gasteiger partial charge on any atom is -0.365 e. The topological polar surface area (TPSA) is 84.7 Å². The van der Waals surface area contributed by atoms with Gasteiger partial charge in [0, 0.05) is 0 Å². The molecule has 1 amide bonds. The van der Waals surface area contributed by atoms with Crippen molar-refractivity contribution in [3.8, 4) is 11.8 Å². The molecule has 2 N–H and O–H groups in total. The van der Waals surface area contributed by atoms with Crippen LogP contribution in [0.4, 0.5) is 0 Å². The maximum atomic E-state index is 11.0. The Labute approximate surface area is 91.7 Å². The molecule has 2 aromatic rings. The summed E-state index contributed by atoms with van der Waals surface area (Å²) in [6.45, 7) is 0. The van der Waals surface area contributed by atoms with Crippen LogP contribution < -0.4 is 5.73 Å². The summed E-state index contributed by atoms with van der Waals surface area (Å²) in [5.74, 6) is -0.654. The average Bonchev–Trinajstić information content (AvgIpc) is 2.73. The van der Waals surface area contributed by atoms with E-state index in [4.69, 9.17) is 11.0 Å². The minimum atomic E-state index is -0.654. The van der Waals surface area contributed by atoms with Crippen LogP contribution in [-0.4, -0.2) is 15.7 Å². The van der Waals surface area contributed by atoms with Gasteiger partial charge < -0.3 is 5.73 Å². The van der Waals surface area contributed by atoms with Crippen molar-refractivity contribution in [3.05, 3.63) is 47.8 Å². The summed E-state index contributed by atoms with van der Waals surface area (Å²) in [5, 5.41) is 13.0. The predicted octanol–water partition coefficient (Wildman–Crippen LogP) is 0.843. The highest BCUT2D eigenvalue weighted by Crippen LogP contribution is 2.13. The molecule has 16 heavy (non-hydrogen) atoms. The highest BCUT2D eigenvalue weighted by atomic mass is 16.1. The lowest BCUT2D eigenvalue weighted by Gasteiger charge is -2.01. The molecule has 5 heteroatoms. The standard InChI is InChI=1S/C11H8N4O/c12-6-10-9(11(13)16)7-14-15(10)8-4-2-1-3-5-8/h1-5,7H,(H2,13,16). The van der Waals surface area contributed by atoms with Gasteiger partial charge in [-0.25, -0.2) is 4.68 Å². The number of carbonyl (C=O) groups excluding carboxylic acids is 1. The molecule has 0 radical (unpaired) electrons. The zero-order chi connectivity index (χ0) is 11.5. The summed E-state index contributed by atoms with van der Waals surface area (Å²) < 4.78 is 1.39. The normalized spacial score (nSPS) is 9.69. The van der Waals surface area contributed by atoms with Gasteiger partial charge in [-0.1, -0.05) is 18.2 Å². The first kappa shape index (κ1) is 9.93. The van der Waals surface area contributed by atoms with Gasteiger partial charge in [-0.2, -0.15) is 10.4 Å². The summed E-state index contributed by atoms with van der Waals surface area (Å²) in [7, 11) is 0. The fourth-order valence-electron chi connectivity index (χ4n) is 1.40. The van der Waals surface area contributed by atoms with Crippen molar-refractivity contribution in [2.75, 3.05) is 0 Å². The van der Waals surface area contributed by atoms with E-state index in [2.05, 4.69) is 5.10 Å². The van der Waals surface area contributed by atoms with Gasteiger partial charge in [-0.05, 0) is 12.1 Å². The number of benzene rings is 1. The van der Waals surface area contributed by atoms with Gasteiger partial charge >= 0.3 is 0 Å². The summed E-state index contributed by atoms with van der Waals surface area (Å²) in [6.07, 6.45) is 1.30. The Morgan fingerprint density at radius 1 is 1.38 bits per heavy atom. The van der Waals surface area contributed by atoms with Crippen molar-refractivity contribution in [2.45, 2.75) is 0 Å². The van der Waals surface area contributed by atoms with Crippen molar-refractivity contribution >= 4 is 5.91 Å². The molecule has 78 valence electrons. The number of para-hydroxylation sites is 1. The van der Waals surface area contributed by atoms with Crippen LogP contribution in [0.15, 0.2) is 36.5 Å². The summed E-state index contributed by atoms with van der Waals surface area (Å²) >= 11 is 0. The first-order chi connectivity index (χ1) is 7.74. The maximum absolute atomic E-state index is 11.0. The van der Waals surface area contributed by atoms with Crippen LogP contribution in [0.1, 0.15) is 16.1 Å². The van der Waals surface area contributed by atoms with Crippen molar-refractivity contribution in [3.63, 3.8) is 0 Å². The zero-order valence-electron chi connectivity index (χ0n) is 8.29. The molecule has 0 saturated carbocycles. The SMILES string of the molecule is N#Cc1c(C(N)=O)cnn1-c1ccccc1. The van der Waals surface area contributed by atoms with Crippen molar-refractivity contribution < 1.29 is 4.79 Å². The minimum absolute atomic E-state index is 0.131. The van der Waals surface area contributed by atoms with Crippen molar-refractivity contribution in [1.82, 2.24) is 9.78 Å². The highest BCUT2D eigenvalue weighted by molar-refractivity contribution is 5.94. The van der Waals surface area contributed by atoms with Crippen LogP contribution in [0, 0.1) is 11.3 Å². The van der Waals surface area contributed by atoms with Crippen molar-refractivity contribution in [2.24, 2.45) is 5.73 Å². The number of primary amides is 1. The third-order valence-electron chi connectivity index (χ3n) is 2.14. The molecule has 0 atom stereocenters. The molecule has 0 spiro atoms. The highest BCUT2D eigenvalue weighted by Gasteiger charge is 2.15. The molecular weight excluding hydrogens is 204 g/mol. The van der Waals surface area contributed by atoms with E-state index in [0.717, 1.165) is 0 Å². The molecule has 0 aliphatic rings. The number of amides is 1. The summed E-state index contributed by atoms with van der Waals surface area (Å²) in [4.78, 5) is 11.0.